The van der Waals surface area contributed by atoms with Gasteiger partial charge in [0.15, 0.2) is 0 Å². The highest BCUT2D eigenvalue weighted by molar-refractivity contribution is 7.89. The molecule has 8 heteroatoms. The molecule has 1 heterocycles. The van der Waals surface area contributed by atoms with Crippen molar-refractivity contribution in [1.82, 2.24) is 14.6 Å². The minimum Gasteiger partial charge on any atom is -0.334 e. The predicted octanol–water partition coefficient (Wildman–Crippen LogP) is 3.61. The molecular formula is C22H24N4O3S. The number of carbonyl (C=O) groups excluding carboxylic acids is 1. The predicted molar refractivity (Wildman–Crippen MR) is 116 cm³/mol. The summed E-state index contributed by atoms with van der Waals surface area (Å²) < 4.78 is 27.4. The van der Waals surface area contributed by atoms with Crippen LogP contribution in [0.1, 0.15) is 18.1 Å². The number of urea groups is 1. The molecule has 2 amide bonds. The lowest BCUT2D eigenvalue weighted by Crippen LogP contribution is -2.30. The first-order valence-electron chi connectivity index (χ1n) is 9.57. The zero-order valence-corrected chi connectivity index (χ0v) is 17.5. The Kier molecular flexibility index (Phi) is 7.16. The third-order valence-corrected chi connectivity index (χ3v) is 6.44. The van der Waals surface area contributed by atoms with Crippen molar-refractivity contribution in [3.63, 3.8) is 0 Å². The summed E-state index contributed by atoms with van der Waals surface area (Å²) in [5.41, 5.74) is 2.36. The molecule has 0 unspecified atom stereocenters. The van der Waals surface area contributed by atoms with E-state index in [1.165, 1.54) is 16.4 Å². The van der Waals surface area contributed by atoms with E-state index < -0.39 is 10.0 Å². The fourth-order valence-electron chi connectivity index (χ4n) is 2.87. The van der Waals surface area contributed by atoms with Crippen LogP contribution in [0.4, 0.5) is 10.5 Å². The van der Waals surface area contributed by atoms with Crippen molar-refractivity contribution in [3.05, 3.63) is 90.3 Å². The maximum Gasteiger partial charge on any atom is 0.319 e. The van der Waals surface area contributed by atoms with Gasteiger partial charge in [-0.1, -0.05) is 37.3 Å². The lowest BCUT2D eigenvalue weighted by atomic mass is 10.2. The standard InChI is InChI=1S/C22H24N4O3S/c1-2-26(17-19-6-4-3-5-7-19)30(28,29)21-10-8-20(9-11-21)25-22(27)24-16-18-12-14-23-15-13-18/h3-15H,2,16-17H2,1H3,(H2,24,25,27). The number of amides is 2. The summed E-state index contributed by atoms with van der Waals surface area (Å²) in [6.07, 6.45) is 3.32. The number of benzene rings is 2. The van der Waals surface area contributed by atoms with Crippen molar-refractivity contribution in [2.75, 3.05) is 11.9 Å². The number of hydrogen-bond acceptors (Lipinski definition) is 4. The molecule has 1 aromatic heterocycles. The summed E-state index contributed by atoms with van der Waals surface area (Å²) in [6, 6.07) is 18.9. The van der Waals surface area contributed by atoms with Gasteiger partial charge in [0.05, 0.1) is 4.90 Å². The van der Waals surface area contributed by atoms with Gasteiger partial charge in [-0.3, -0.25) is 4.98 Å². The minimum absolute atomic E-state index is 0.183. The van der Waals surface area contributed by atoms with Crippen molar-refractivity contribution < 1.29 is 13.2 Å². The Labute approximate surface area is 176 Å². The van der Waals surface area contributed by atoms with Crippen molar-refractivity contribution in [3.8, 4) is 0 Å². The first-order valence-corrected chi connectivity index (χ1v) is 11.0. The van der Waals surface area contributed by atoms with E-state index in [2.05, 4.69) is 15.6 Å². The summed E-state index contributed by atoms with van der Waals surface area (Å²) in [6.45, 7) is 2.83. The molecule has 0 saturated carbocycles. The van der Waals surface area contributed by atoms with Gasteiger partial charge < -0.3 is 10.6 Å². The third-order valence-electron chi connectivity index (χ3n) is 4.51. The van der Waals surface area contributed by atoms with Crippen LogP contribution in [-0.4, -0.2) is 30.3 Å². The fraction of sp³-hybridized carbons (Fsp3) is 0.182. The van der Waals surface area contributed by atoms with Gasteiger partial charge in [0.2, 0.25) is 10.0 Å². The van der Waals surface area contributed by atoms with Crippen LogP contribution in [0.2, 0.25) is 0 Å². The minimum atomic E-state index is -3.64. The largest absolute Gasteiger partial charge is 0.334 e. The SMILES string of the molecule is CCN(Cc1ccccc1)S(=O)(=O)c1ccc(NC(=O)NCc2ccncc2)cc1. The molecule has 2 N–H and O–H groups in total. The molecule has 156 valence electrons. The highest BCUT2D eigenvalue weighted by Crippen LogP contribution is 2.20. The molecule has 7 nitrogen and oxygen atoms in total. The van der Waals surface area contributed by atoms with Crippen molar-refractivity contribution in [1.29, 1.82) is 0 Å². The summed E-state index contributed by atoms with van der Waals surface area (Å²) in [4.78, 5) is 16.2. The van der Waals surface area contributed by atoms with Crippen LogP contribution < -0.4 is 10.6 Å². The van der Waals surface area contributed by atoms with Gasteiger partial charge in [0, 0.05) is 37.7 Å². The number of nitrogens with one attached hydrogen (secondary N) is 2. The van der Waals surface area contributed by atoms with Crippen LogP contribution in [0.25, 0.3) is 0 Å². The summed E-state index contributed by atoms with van der Waals surface area (Å²) in [5.74, 6) is 0. The Bertz CT molecular complexity index is 1060. The third kappa shape index (κ3) is 5.65. The normalized spacial score (nSPS) is 11.3. The molecule has 0 fully saturated rings. The molecule has 0 atom stereocenters. The summed E-state index contributed by atoms with van der Waals surface area (Å²) in [5, 5.41) is 5.44. The highest BCUT2D eigenvalue weighted by atomic mass is 32.2. The second-order valence-corrected chi connectivity index (χ2v) is 8.54. The van der Waals surface area contributed by atoms with E-state index in [1.807, 2.05) is 49.4 Å². The topological polar surface area (TPSA) is 91.4 Å². The molecule has 2 aromatic carbocycles. The molecule has 0 aliphatic rings. The quantitative estimate of drug-likeness (QED) is 0.578. The van der Waals surface area contributed by atoms with Crippen LogP contribution in [-0.2, 0) is 23.1 Å². The van der Waals surface area contributed by atoms with Gasteiger partial charge in [-0.2, -0.15) is 4.31 Å². The van der Waals surface area contributed by atoms with E-state index in [-0.39, 0.29) is 10.9 Å². The van der Waals surface area contributed by atoms with Gasteiger partial charge in [-0.15, -0.1) is 0 Å². The van der Waals surface area contributed by atoms with Gasteiger partial charge in [-0.05, 0) is 47.5 Å². The lowest BCUT2D eigenvalue weighted by molar-refractivity contribution is 0.251. The van der Waals surface area contributed by atoms with Crippen LogP contribution in [0, 0.1) is 0 Å². The number of sulfonamides is 1. The smallest absolute Gasteiger partial charge is 0.319 e. The number of rotatable bonds is 8. The van der Waals surface area contributed by atoms with E-state index in [9.17, 15) is 13.2 Å². The Balaban J connectivity index is 1.62. The monoisotopic (exact) mass is 424 g/mol. The molecule has 3 rings (SSSR count). The van der Waals surface area contributed by atoms with Crippen LogP contribution in [0.3, 0.4) is 0 Å². The van der Waals surface area contributed by atoms with E-state index in [0.29, 0.717) is 25.3 Å². The molecule has 0 saturated heterocycles. The zero-order chi connectivity index (χ0) is 21.4. The number of anilines is 1. The average Bonchev–Trinajstić information content (AvgIpc) is 2.78. The zero-order valence-electron chi connectivity index (χ0n) is 16.7. The maximum absolute atomic E-state index is 13.0. The highest BCUT2D eigenvalue weighted by Gasteiger charge is 2.23. The molecule has 0 spiro atoms. The number of nitrogens with zero attached hydrogens (tertiary/aromatic N) is 2. The van der Waals surface area contributed by atoms with E-state index in [0.717, 1.165) is 11.1 Å². The van der Waals surface area contributed by atoms with Crippen molar-refractivity contribution in [2.24, 2.45) is 0 Å². The Morgan fingerprint density at radius 3 is 2.23 bits per heavy atom. The Morgan fingerprint density at radius 1 is 0.933 bits per heavy atom. The number of hydrogen-bond donors (Lipinski definition) is 2. The van der Waals surface area contributed by atoms with E-state index >= 15 is 0 Å². The van der Waals surface area contributed by atoms with Crippen molar-refractivity contribution in [2.45, 2.75) is 24.9 Å². The molecule has 3 aromatic rings. The fourth-order valence-corrected chi connectivity index (χ4v) is 4.31. The number of carbonyl (C=O) groups is 1. The van der Waals surface area contributed by atoms with Crippen LogP contribution in [0.15, 0.2) is 84.0 Å². The Hall–Kier alpha value is -3.23. The first-order chi connectivity index (χ1) is 14.5. The second-order valence-electron chi connectivity index (χ2n) is 6.60. The molecule has 0 aliphatic carbocycles. The van der Waals surface area contributed by atoms with Gasteiger partial charge in [-0.25, -0.2) is 13.2 Å². The number of pyridine rings is 1. The molecule has 0 radical (unpaired) electrons. The lowest BCUT2D eigenvalue weighted by Gasteiger charge is -2.21. The van der Waals surface area contributed by atoms with E-state index in [4.69, 9.17) is 0 Å². The maximum atomic E-state index is 13.0. The molecule has 0 aliphatic heterocycles. The second kappa shape index (κ2) is 10.00. The first kappa shape index (κ1) is 21.5. The van der Waals surface area contributed by atoms with Crippen LogP contribution in [0.5, 0.6) is 0 Å². The van der Waals surface area contributed by atoms with Gasteiger partial charge >= 0.3 is 6.03 Å². The molecule has 30 heavy (non-hydrogen) atoms. The van der Waals surface area contributed by atoms with Gasteiger partial charge in [0.25, 0.3) is 0 Å². The van der Waals surface area contributed by atoms with Gasteiger partial charge in [0.1, 0.15) is 0 Å². The number of aromatic nitrogens is 1. The molecular weight excluding hydrogens is 400 g/mol. The average molecular weight is 425 g/mol. The Morgan fingerprint density at radius 2 is 1.60 bits per heavy atom. The molecule has 0 bridgehead atoms. The van der Waals surface area contributed by atoms with E-state index in [1.54, 1.807) is 24.5 Å². The summed E-state index contributed by atoms with van der Waals surface area (Å²) >= 11 is 0. The van der Waals surface area contributed by atoms with Crippen molar-refractivity contribution >= 4 is 21.7 Å². The summed E-state index contributed by atoms with van der Waals surface area (Å²) in [7, 11) is -3.64. The van der Waals surface area contributed by atoms with Crippen LogP contribution >= 0.6 is 0 Å².